The average molecular weight is 752 g/mol. The molecule has 2 aromatic carbocycles. The molecule has 1 unspecified atom stereocenters. The number of nitrogens with one attached hydrogen (secondary N) is 3. The summed E-state index contributed by atoms with van der Waals surface area (Å²) >= 11 is 0. The van der Waals surface area contributed by atoms with Gasteiger partial charge in [0, 0.05) is 81.3 Å². The Labute approximate surface area is 316 Å². The first-order chi connectivity index (χ1) is 26.5. The summed E-state index contributed by atoms with van der Waals surface area (Å²) in [4.78, 5) is 74.3. The third-order valence-electron chi connectivity index (χ3n) is 10.7. The minimum Gasteiger partial charge on any atom is -0.489 e. The van der Waals surface area contributed by atoms with Crippen molar-refractivity contribution in [3.05, 3.63) is 83.1 Å². The largest absolute Gasteiger partial charge is 0.489 e. The standard InChI is InChI=1S/C39H42FN9O6/c1-22(2)55-33-16-27-24(14-32(33)44-37(52)29-17-42-49-11-3-10-41-35(29)49)21-48(39(27)54)25-8-12-46(13-9-25)18-23-19-47(20-23)26-4-5-30(40)28(15-26)36(51)43-31-6-7-34(50)45-38(31)53/h3-5,10-11,14-17,22-23,25,31H,6-9,12-13,18-21H2,1-2H3,(H,43,51)(H,44,52)(H,45,50,53). The fraction of sp³-hybridized carbons (Fsp3) is 0.410. The molecule has 0 saturated carbocycles. The zero-order valence-electron chi connectivity index (χ0n) is 30.6. The quantitative estimate of drug-likeness (QED) is 0.205. The van der Waals surface area contributed by atoms with Gasteiger partial charge in [-0.25, -0.2) is 13.9 Å². The second-order valence-electron chi connectivity index (χ2n) is 14.9. The van der Waals surface area contributed by atoms with Crippen molar-refractivity contribution in [2.45, 2.75) is 64.3 Å². The number of halogens is 1. The van der Waals surface area contributed by atoms with Crippen molar-refractivity contribution < 1.29 is 33.1 Å². The molecule has 3 N–H and O–H groups in total. The number of fused-ring (bicyclic) bond motifs is 2. The number of aromatic nitrogens is 3. The van der Waals surface area contributed by atoms with Crippen molar-refractivity contribution in [2.75, 3.05) is 42.9 Å². The SMILES string of the molecule is CC(C)Oc1cc2c(cc1NC(=O)c1cnn3cccnc13)CN(C1CCN(CC3CN(c4ccc(F)c(C(=O)NC5CCC(=O)NC5=O)c4)C3)CC1)C2=O. The highest BCUT2D eigenvalue weighted by Crippen LogP contribution is 2.37. The summed E-state index contributed by atoms with van der Waals surface area (Å²) in [5.41, 5.74) is 3.26. The molecule has 3 saturated heterocycles. The van der Waals surface area contributed by atoms with Crippen LogP contribution in [0.4, 0.5) is 15.8 Å². The second-order valence-corrected chi connectivity index (χ2v) is 14.9. The molecule has 4 aliphatic rings. The van der Waals surface area contributed by atoms with E-state index in [0.29, 0.717) is 40.7 Å². The molecule has 0 radical (unpaired) electrons. The minimum atomic E-state index is -0.886. The maximum atomic E-state index is 14.7. The molecule has 0 spiro atoms. The molecule has 5 amide bonds. The summed E-state index contributed by atoms with van der Waals surface area (Å²) in [5.74, 6) is -1.94. The number of piperidine rings is 2. The Bertz CT molecular complexity index is 2190. The molecule has 2 aromatic heterocycles. The number of anilines is 2. The number of ether oxygens (including phenoxy) is 1. The Hall–Kier alpha value is -5.90. The van der Waals surface area contributed by atoms with Crippen molar-refractivity contribution in [1.29, 1.82) is 0 Å². The van der Waals surface area contributed by atoms with E-state index in [4.69, 9.17) is 4.74 Å². The Balaban J connectivity index is 0.848. The van der Waals surface area contributed by atoms with E-state index in [1.807, 2.05) is 24.8 Å². The number of hydrogen-bond acceptors (Lipinski definition) is 10. The molecule has 3 fully saturated rings. The van der Waals surface area contributed by atoms with Gasteiger partial charge in [0.15, 0.2) is 5.65 Å². The highest BCUT2D eigenvalue weighted by atomic mass is 19.1. The molecule has 286 valence electrons. The molecule has 55 heavy (non-hydrogen) atoms. The van der Waals surface area contributed by atoms with Gasteiger partial charge in [0.1, 0.15) is 23.2 Å². The lowest BCUT2D eigenvalue weighted by Gasteiger charge is -2.45. The van der Waals surface area contributed by atoms with E-state index < -0.39 is 29.6 Å². The van der Waals surface area contributed by atoms with Gasteiger partial charge in [-0.1, -0.05) is 0 Å². The van der Waals surface area contributed by atoms with Gasteiger partial charge in [-0.2, -0.15) is 5.10 Å². The van der Waals surface area contributed by atoms with Crippen molar-refractivity contribution in [3.8, 4) is 5.75 Å². The van der Waals surface area contributed by atoms with Gasteiger partial charge < -0.3 is 30.1 Å². The zero-order valence-corrected chi connectivity index (χ0v) is 30.6. The molecule has 15 nitrogen and oxygen atoms in total. The number of amides is 5. The van der Waals surface area contributed by atoms with E-state index in [2.05, 4.69) is 35.8 Å². The van der Waals surface area contributed by atoms with Gasteiger partial charge >= 0.3 is 0 Å². The van der Waals surface area contributed by atoms with Crippen LogP contribution in [0.3, 0.4) is 0 Å². The second kappa shape index (κ2) is 14.7. The van der Waals surface area contributed by atoms with Crippen LogP contribution in [-0.2, 0) is 16.1 Å². The number of imide groups is 1. The van der Waals surface area contributed by atoms with Gasteiger partial charge in [-0.15, -0.1) is 0 Å². The molecular weight excluding hydrogens is 709 g/mol. The monoisotopic (exact) mass is 751 g/mol. The van der Waals surface area contributed by atoms with Crippen molar-refractivity contribution >= 4 is 46.6 Å². The minimum absolute atomic E-state index is 0.0362. The fourth-order valence-corrected chi connectivity index (χ4v) is 7.91. The van der Waals surface area contributed by atoms with Gasteiger partial charge in [0.05, 0.1) is 23.6 Å². The van der Waals surface area contributed by atoms with E-state index in [9.17, 15) is 28.4 Å². The summed E-state index contributed by atoms with van der Waals surface area (Å²) in [6.07, 6.45) is 6.57. The Morgan fingerprint density at radius 2 is 1.84 bits per heavy atom. The van der Waals surface area contributed by atoms with Crippen molar-refractivity contribution in [3.63, 3.8) is 0 Å². The molecule has 0 aliphatic carbocycles. The predicted molar refractivity (Wildman–Crippen MR) is 198 cm³/mol. The van der Waals surface area contributed by atoms with Crippen molar-refractivity contribution in [1.82, 2.24) is 35.0 Å². The average Bonchev–Trinajstić information content (AvgIpc) is 3.72. The smallest absolute Gasteiger partial charge is 0.261 e. The van der Waals surface area contributed by atoms with Crippen LogP contribution in [0.1, 0.15) is 76.2 Å². The van der Waals surface area contributed by atoms with E-state index in [1.54, 1.807) is 30.6 Å². The highest BCUT2D eigenvalue weighted by molar-refractivity contribution is 6.09. The summed E-state index contributed by atoms with van der Waals surface area (Å²) in [5, 5.41) is 11.9. The third-order valence-corrected chi connectivity index (χ3v) is 10.7. The zero-order chi connectivity index (χ0) is 38.4. The number of carbonyl (C=O) groups excluding carboxylic acids is 5. The molecule has 1 atom stereocenters. The molecular formula is C39H42FN9O6. The molecule has 4 aromatic rings. The molecule has 6 heterocycles. The van der Waals surface area contributed by atoms with Crippen LogP contribution in [0, 0.1) is 11.7 Å². The molecule has 16 heteroatoms. The lowest BCUT2D eigenvalue weighted by Crippen LogP contribution is -2.54. The van der Waals surface area contributed by atoms with Crippen LogP contribution >= 0.6 is 0 Å². The maximum absolute atomic E-state index is 14.7. The van der Waals surface area contributed by atoms with Crippen LogP contribution in [0.5, 0.6) is 5.75 Å². The number of nitrogens with zero attached hydrogens (tertiary/aromatic N) is 6. The number of rotatable bonds is 10. The first-order valence-corrected chi connectivity index (χ1v) is 18.7. The Morgan fingerprint density at radius 3 is 2.60 bits per heavy atom. The number of likely N-dealkylation sites (tertiary alicyclic amines) is 1. The lowest BCUT2D eigenvalue weighted by molar-refractivity contribution is -0.134. The summed E-state index contributed by atoms with van der Waals surface area (Å²) < 4.78 is 22.3. The predicted octanol–water partition coefficient (Wildman–Crippen LogP) is 3.00. The molecule has 0 bridgehead atoms. The topological polar surface area (TPSA) is 171 Å². The van der Waals surface area contributed by atoms with Gasteiger partial charge in [0.2, 0.25) is 11.8 Å². The number of hydrogen-bond donors (Lipinski definition) is 3. The number of carbonyl (C=O) groups is 5. The van der Waals surface area contributed by atoms with Crippen LogP contribution in [-0.4, -0.2) is 105 Å². The van der Waals surface area contributed by atoms with Crippen LogP contribution in [0.15, 0.2) is 55.0 Å². The van der Waals surface area contributed by atoms with Gasteiger partial charge in [0.25, 0.3) is 17.7 Å². The Morgan fingerprint density at radius 1 is 1.04 bits per heavy atom. The number of benzene rings is 2. The van der Waals surface area contributed by atoms with Gasteiger partial charge in [-0.05, 0) is 75.1 Å². The third kappa shape index (κ3) is 7.33. The van der Waals surface area contributed by atoms with E-state index in [1.165, 1.54) is 22.8 Å². The first-order valence-electron chi connectivity index (χ1n) is 18.7. The van der Waals surface area contributed by atoms with E-state index in [-0.39, 0.29) is 42.4 Å². The lowest BCUT2D eigenvalue weighted by atomic mass is 9.95. The fourth-order valence-electron chi connectivity index (χ4n) is 7.91. The highest BCUT2D eigenvalue weighted by Gasteiger charge is 2.37. The summed E-state index contributed by atoms with van der Waals surface area (Å²) in [6, 6.07) is 8.94. The van der Waals surface area contributed by atoms with E-state index >= 15 is 0 Å². The summed E-state index contributed by atoms with van der Waals surface area (Å²) in [7, 11) is 0. The van der Waals surface area contributed by atoms with E-state index in [0.717, 1.165) is 56.8 Å². The normalized spacial score (nSPS) is 19.4. The summed E-state index contributed by atoms with van der Waals surface area (Å²) in [6.45, 7) is 8.33. The van der Waals surface area contributed by atoms with Crippen molar-refractivity contribution in [2.24, 2.45) is 5.92 Å². The molecule has 8 rings (SSSR count). The molecule has 4 aliphatic heterocycles. The van der Waals surface area contributed by atoms with Crippen LogP contribution < -0.4 is 25.6 Å². The Kier molecular flexibility index (Phi) is 9.67. The maximum Gasteiger partial charge on any atom is 0.261 e. The van der Waals surface area contributed by atoms with Crippen LogP contribution in [0.2, 0.25) is 0 Å². The van der Waals surface area contributed by atoms with Crippen LogP contribution in [0.25, 0.3) is 5.65 Å². The first kappa shape index (κ1) is 36.1. The van der Waals surface area contributed by atoms with Gasteiger partial charge in [-0.3, -0.25) is 29.3 Å².